The quantitative estimate of drug-likeness (QED) is 0.782. The summed E-state index contributed by atoms with van der Waals surface area (Å²) in [6, 6.07) is 10.9. The van der Waals surface area contributed by atoms with E-state index in [0.717, 1.165) is 25.8 Å². The number of hydrogen-bond donors (Lipinski definition) is 0. The number of carbonyl (C=O) groups excluding carboxylic acids is 1. The van der Waals surface area contributed by atoms with Gasteiger partial charge in [-0.1, -0.05) is 37.1 Å². The Balaban J connectivity index is 1.76. The molecule has 120 valence electrons. The molecule has 0 radical (unpaired) electrons. The molecule has 2 aromatic rings. The third-order valence-electron chi connectivity index (χ3n) is 5.44. The van der Waals surface area contributed by atoms with Crippen LogP contribution in [0.15, 0.2) is 35.7 Å². The first-order valence-corrected chi connectivity index (χ1v) is 9.56. The van der Waals surface area contributed by atoms with Crippen molar-refractivity contribution in [2.24, 2.45) is 5.92 Å². The number of thiophene rings is 1. The van der Waals surface area contributed by atoms with Crippen molar-refractivity contribution in [3.63, 3.8) is 0 Å². The molecule has 1 aromatic heterocycles. The van der Waals surface area contributed by atoms with Crippen molar-refractivity contribution >= 4 is 17.2 Å². The molecule has 4 rings (SSSR count). The maximum atomic E-state index is 13.2. The van der Waals surface area contributed by atoms with Crippen LogP contribution in [-0.4, -0.2) is 17.4 Å². The van der Waals surface area contributed by atoms with Gasteiger partial charge in [-0.15, -0.1) is 11.3 Å². The Kier molecular flexibility index (Phi) is 3.98. The van der Waals surface area contributed by atoms with Gasteiger partial charge in [0.15, 0.2) is 0 Å². The number of benzene rings is 1. The number of fused-ring (bicyclic) bond motifs is 1. The van der Waals surface area contributed by atoms with Crippen LogP contribution >= 0.6 is 11.3 Å². The van der Waals surface area contributed by atoms with Gasteiger partial charge in [-0.05, 0) is 54.3 Å². The molecule has 0 unspecified atom stereocenters. The highest BCUT2D eigenvalue weighted by Gasteiger charge is 2.37. The minimum Gasteiger partial charge on any atom is -0.331 e. The van der Waals surface area contributed by atoms with E-state index in [9.17, 15) is 4.79 Å². The summed E-state index contributed by atoms with van der Waals surface area (Å²) in [6.45, 7) is 3.02. The van der Waals surface area contributed by atoms with Crippen molar-refractivity contribution < 1.29 is 4.79 Å². The molecule has 0 N–H and O–H groups in total. The van der Waals surface area contributed by atoms with Crippen molar-refractivity contribution in [1.82, 2.24) is 4.90 Å². The van der Waals surface area contributed by atoms with Crippen molar-refractivity contribution in [3.8, 4) is 0 Å². The summed E-state index contributed by atoms with van der Waals surface area (Å²) in [6.07, 6.45) is 5.58. The number of aryl methyl sites for hydroxylation is 1. The number of nitrogens with zero attached hydrogens (tertiary/aromatic N) is 1. The van der Waals surface area contributed by atoms with Crippen LogP contribution in [0.4, 0.5) is 0 Å². The maximum Gasteiger partial charge on any atom is 0.226 e. The van der Waals surface area contributed by atoms with Crippen molar-refractivity contribution in [2.45, 2.75) is 45.1 Å². The Morgan fingerprint density at radius 1 is 1.13 bits per heavy atom. The molecule has 2 nitrogen and oxygen atoms in total. The Labute approximate surface area is 142 Å². The SMILES string of the molecule is Cc1ccccc1[C@H]1c2ccsc2CCN1C(=O)C1CCCC1. The van der Waals surface area contributed by atoms with Crippen molar-refractivity contribution in [3.05, 3.63) is 57.3 Å². The zero-order chi connectivity index (χ0) is 15.8. The fraction of sp³-hybridized carbons (Fsp3) is 0.450. The number of hydrogen-bond acceptors (Lipinski definition) is 2. The summed E-state index contributed by atoms with van der Waals surface area (Å²) in [5, 5.41) is 2.18. The van der Waals surface area contributed by atoms with E-state index < -0.39 is 0 Å². The molecule has 1 aliphatic carbocycles. The standard InChI is InChI=1S/C20H23NOS/c1-14-6-2-5-9-16(14)19-17-11-13-23-18(17)10-12-21(19)20(22)15-7-3-4-8-15/h2,5-6,9,11,13,15,19H,3-4,7-8,10,12H2,1H3/t19-/m0/s1. The minimum absolute atomic E-state index is 0.110. The van der Waals surface area contributed by atoms with Crippen LogP contribution in [0.2, 0.25) is 0 Å². The summed E-state index contributed by atoms with van der Waals surface area (Å²) in [7, 11) is 0. The second-order valence-corrected chi connectivity index (χ2v) is 7.82. The zero-order valence-electron chi connectivity index (χ0n) is 13.6. The minimum atomic E-state index is 0.110. The molecule has 0 saturated heterocycles. The number of rotatable bonds is 2. The van der Waals surface area contributed by atoms with Crippen LogP contribution in [0.5, 0.6) is 0 Å². The second-order valence-electron chi connectivity index (χ2n) is 6.82. The summed E-state index contributed by atoms with van der Waals surface area (Å²) >= 11 is 1.84. The first kappa shape index (κ1) is 14.9. The lowest BCUT2D eigenvalue weighted by molar-refractivity contribution is -0.137. The van der Waals surface area contributed by atoms with Gasteiger partial charge in [0, 0.05) is 17.3 Å². The molecule has 1 fully saturated rings. The first-order chi connectivity index (χ1) is 11.3. The molecular formula is C20H23NOS. The molecule has 2 aliphatic rings. The Morgan fingerprint density at radius 3 is 2.70 bits per heavy atom. The molecule has 3 heteroatoms. The fourth-order valence-corrected chi connectivity index (χ4v) is 5.09. The molecular weight excluding hydrogens is 302 g/mol. The van der Waals surface area contributed by atoms with Gasteiger partial charge in [0.1, 0.15) is 0 Å². The Bertz CT molecular complexity index is 714. The fourth-order valence-electron chi connectivity index (χ4n) is 4.19. The molecule has 2 heterocycles. The average Bonchev–Trinajstić information content (AvgIpc) is 3.25. The normalized spacial score (nSPS) is 21.4. The molecule has 23 heavy (non-hydrogen) atoms. The predicted molar refractivity (Wildman–Crippen MR) is 94.7 cm³/mol. The number of amides is 1. The highest BCUT2D eigenvalue weighted by Crippen LogP contribution is 2.40. The predicted octanol–water partition coefficient (Wildman–Crippen LogP) is 4.72. The third kappa shape index (κ3) is 2.61. The second kappa shape index (κ2) is 6.12. The Hall–Kier alpha value is -1.61. The Morgan fingerprint density at radius 2 is 1.91 bits per heavy atom. The lowest BCUT2D eigenvalue weighted by Gasteiger charge is -2.38. The van der Waals surface area contributed by atoms with Gasteiger partial charge in [-0.2, -0.15) is 0 Å². The van der Waals surface area contributed by atoms with E-state index in [4.69, 9.17) is 0 Å². The molecule has 1 saturated carbocycles. The lowest BCUT2D eigenvalue weighted by atomic mass is 9.89. The smallest absolute Gasteiger partial charge is 0.226 e. The van der Waals surface area contributed by atoms with Crippen LogP contribution in [0.1, 0.15) is 53.3 Å². The van der Waals surface area contributed by atoms with E-state index in [1.165, 1.54) is 34.4 Å². The van der Waals surface area contributed by atoms with E-state index >= 15 is 0 Å². The van der Waals surface area contributed by atoms with Gasteiger partial charge in [-0.25, -0.2) is 0 Å². The molecule has 0 spiro atoms. The van der Waals surface area contributed by atoms with Gasteiger partial charge in [0.2, 0.25) is 5.91 Å². The topological polar surface area (TPSA) is 20.3 Å². The van der Waals surface area contributed by atoms with Gasteiger partial charge < -0.3 is 4.90 Å². The lowest BCUT2D eigenvalue weighted by Crippen LogP contribution is -2.43. The first-order valence-electron chi connectivity index (χ1n) is 8.68. The van der Waals surface area contributed by atoms with Gasteiger partial charge in [0.25, 0.3) is 0 Å². The maximum absolute atomic E-state index is 13.2. The van der Waals surface area contributed by atoms with Crippen LogP contribution in [0.25, 0.3) is 0 Å². The number of carbonyl (C=O) groups is 1. The van der Waals surface area contributed by atoms with E-state index in [0.29, 0.717) is 5.91 Å². The van der Waals surface area contributed by atoms with Crippen molar-refractivity contribution in [2.75, 3.05) is 6.54 Å². The summed E-state index contributed by atoms with van der Waals surface area (Å²) in [4.78, 5) is 16.8. The molecule has 1 aliphatic heterocycles. The largest absolute Gasteiger partial charge is 0.331 e. The van der Waals surface area contributed by atoms with E-state index in [1.807, 2.05) is 11.3 Å². The molecule has 1 atom stereocenters. The summed E-state index contributed by atoms with van der Waals surface area (Å²) < 4.78 is 0. The van der Waals surface area contributed by atoms with E-state index in [-0.39, 0.29) is 12.0 Å². The average molecular weight is 325 g/mol. The van der Waals surface area contributed by atoms with Crippen LogP contribution in [0.3, 0.4) is 0 Å². The van der Waals surface area contributed by atoms with Crippen molar-refractivity contribution in [1.29, 1.82) is 0 Å². The third-order valence-corrected chi connectivity index (χ3v) is 6.43. The van der Waals surface area contributed by atoms with Crippen LogP contribution in [-0.2, 0) is 11.2 Å². The highest BCUT2D eigenvalue weighted by molar-refractivity contribution is 7.10. The molecule has 1 amide bonds. The zero-order valence-corrected chi connectivity index (χ0v) is 14.4. The molecule has 1 aromatic carbocycles. The summed E-state index contributed by atoms with van der Waals surface area (Å²) in [5.74, 6) is 0.634. The monoisotopic (exact) mass is 325 g/mol. The van der Waals surface area contributed by atoms with Crippen LogP contribution in [0, 0.1) is 12.8 Å². The van der Waals surface area contributed by atoms with Gasteiger partial charge in [-0.3, -0.25) is 4.79 Å². The molecule has 0 bridgehead atoms. The van der Waals surface area contributed by atoms with E-state index in [2.05, 4.69) is 47.5 Å². The van der Waals surface area contributed by atoms with Gasteiger partial charge >= 0.3 is 0 Å². The van der Waals surface area contributed by atoms with Gasteiger partial charge in [0.05, 0.1) is 6.04 Å². The summed E-state index contributed by atoms with van der Waals surface area (Å²) in [5.41, 5.74) is 3.92. The van der Waals surface area contributed by atoms with Crippen LogP contribution < -0.4 is 0 Å². The van der Waals surface area contributed by atoms with E-state index in [1.54, 1.807) is 0 Å². The highest BCUT2D eigenvalue weighted by atomic mass is 32.1.